The molecule has 7 heteroatoms. The number of carbonyl (C=O) groups is 1. The van der Waals surface area contributed by atoms with E-state index in [0.717, 1.165) is 18.5 Å². The number of pyridine rings is 1. The van der Waals surface area contributed by atoms with Gasteiger partial charge in [-0.05, 0) is 43.0 Å². The number of nitrogens with zero attached hydrogens (tertiary/aromatic N) is 3. The van der Waals surface area contributed by atoms with Gasteiger partial charge in [0.1, 0.15) is 0 Å². The molecule has 26 heavy (non-hydrogen) atoms. The molecule has 1 aliphatic heterocycles. The number of nitro benzene ring substituents is 1. The quantitative estimate of drug-likeness (QED) is 0.448. The maximum Gasteiger partial charge on any atom is 0.283 e. The zero-order chi connectivity index (χ0) is 18.5. The highest BCUT2D eigenvalue weighted by Crippen LogP contribution is 2.32. The Hall–Kier alpha value is -2.41. The monoisotopic (exact) mass is 371 g/mol. The summed E-state index contributed by atoms with van der Waals surface area (Å²) in [7, 11) is 0. The Morgan fingerprint density at radius 3 is 2.73 bits per heavy atom. The molecule has 0 radical (unpaired) electrons. The maximum absolute atomic E-state index is 12.7. The Kier molecular flexibility index (Phi) is 5.88. The van der Waals surface area contributed by atoms with Crippen LogP contribution in [0.5, 0.6) is 0 Å². The highest BCUT2D eigenvalue weighted by atomic mass is 32.2. The van der Waals surface area contributed by atoms with Crippen LogP contribution in [0.25, 0.3) is 0 Å². The molecule has 136 valence electrons. The van der Waals surface area contributed by atoms with Crippen LogP contribution in [0.2, 0.25) is 0 Å². The minimum absolute atomic E-state index is 0.0258. The summed E-state index contributed by atoms with van der Waals surface area (Å²) in [5.41, 5.74) is 1.21. The van der Waals surface area contributed by atoms with Gasteiger partial charge in [-0.2, -0.15) is 0 Å². The van der Waals surface area contributed by atoms with Crippen molar-refractivity contribution in [2.24, 2.45) is 5.92 Å². The van der Waals surface area contributed by atoms with Gasteiger partial charge in [0.05, 0.1) is 15.5 Å². The van der Waals surface area contributed by atoms with Gasteiger partial charge in [0.15, 0.2) is 0 Å². The highest BCUT2D eigenvalue weighted by Gasteiger charge is 2.24. The lowest BCUT2D eigenvalue weighted by atomic mass is 9.98. The van der Waals surface area contributed by atoms with E-state index in [0.29, 0.717) is 35.2 Å². The molecule has 0 aliphatic carbocycles. The van der Waals surface area contributed by atoms with Crippen LogP contribution in [0.3, 0.4) is 0 Å². The van der Waals surface area contributed by atoms with Crippen LogP contribution in [0.15, 0.2) is 47.5 Å². The fourth-order valence-corrected chi connectivity index (χ4v) is 3.86. The number of nitro groups is 1. The van der Waals surface area contributed by atoms with E-state index in [9.17, 15) is 14.9 Å². The number of aromatic nitrogens is 1. The molecular weight excluding hydrogens is 350 g/mol. The SMILES string of the molecule is CC1CCN(C(=O)c2ccc(SCc3ccccn3)c([N+](=O)[O-])c2)CC1. The molecule has 1 aromatic heterocycles. The van der Waals surface area contributed by atoms with Gasteiger partial charge >= 0.3 is 0 Å². The number of piperidine rings is 1. The van der Waals surface area contributed by atoms with Crippen LogP contribution in [0.4, 0.5) is 5.69 Å². The largest absolute Gasteiger partial charge is 0.339 e. The third-order valence-electron chi connectivity index (χ3n) is 4.58. The average Bonchev–Trinajstić information content (AvgIpc) is 2.67. The molecule has 3 rings (SSSR count). The molecule has 0 atom stereocenters. The van der Waals surface area contributed by atoms with Crippen molar-refractivity contribution >= 4 is 23.4 Å². The first kappa shape index (κ1) is 18.4. The number of rotatable bonds is 5. The lowest BCUT2D eigenvalue weighted by molar-refractivity contribution is -0.387. The zero-order valence-corrected chi connectivity index (χ0v) is 15.4. The molecule has 1 amide bonds. The number of carbonyl (C=O) groups excluding carboxylic acids is 1. The number of thioether (sulfide) groups is 1. The van der Waals surface area contributed by atoms with E-state index in [-0.39, 0.29) is 11.6 Å². The predicted octanol–water partition coefficient (Wildman–Crippen LogP) is 4.15. The summed E-state index contributed by atoms with van der Waals surface area (Å²) >= 11 is 1.36. The van der Waals surface area contributed by atoms with Gasteiger partial charge in [0.2, 0.25) is 0 Å². The summed E-state index contributed by atoms with van der Waals surface area (Å²) in [6, 6.07) is 10.4. The Bertz CT molecular complexity index is 790. The summed E-state index contributed by atoms with van der Waals surface area (Å²) in [6.07, 6.45) is 3.66. The molecule has 0 unspecified atom stereocenters. The first-order valence-corrected chi connectivity index (χ1v) is 9.63. The molecule has 2 aromatic rings. The second-order valence-electron chi connectivity index (χ2n) is 6.52. The van der Waals surface area contributed by atoms with E-state index in [1.54, 1.807) is 23.2 Å². The van der Waals surface area contributed by atoms with Crippen LogP contribution in [-0.4, -0.2) is 33.8 Å². The van der Waals surface area contributed by atoms with E-state index < -0.39 is 4.92 Å². The van der Waals surface area contributed by atoms with Gasteiger partial charge < -0.3 is 4.90 Å². The molecule has 2 heterocycles. The van der Waals surface area contributed by atoms with Crippen molar-refractivity contribution in [3.8, 4) is 0 Å². The van der Waals surface area contributed by atoms with E-state index in [1.165, 1.54) is 17.8 Å². The topological polar surface area (TPSA) is 76.3 Å². The molecule has 0 N–H and O–H groups in total. The van der Waals surface area contributed by atoms with Crippen molar-refractivity contribution in [1.82, 2.24) is 9.88 Å². The average molecular weight is 371 g/mol. The van der Waals surface area contributed by atoms with Gasteiger partial charge in [0, 0.05) is 36.7 Å². The summed E-state index contributed by atoms with van der Waals surface area (Å²) in [6.45, 7) is 3.61. The first-order chi connectivity index (χ1) is 12.5. The Morgan fingerprint density at radius 1 is 1.31 bits per heavy atom. The van der Waals surface area contributed by atoms with E-state index in [4.69, 9.17) is 0 Å². The maximum atomic E-state index is 12.7. The smallest absolute Gasteiger partial charge is 0.283 e. The van der Waals surface area contributed by atoms with E-state index in [1.807, 2.05) is 18.2 Å². The molecule has 1 aromatic carbocycles. The molecule has 1 saturated heterocycles. The van der Waals surface area contributed by atoms with E-state index >= 15 is 0 Å². The zero-order valence-electron chi connectivity index (χ0n) is 14.6. The van der Waals surface area contributed by atoms with Gasteiger partial charge in [-0.25, -0.2) is 0 Å². The van der Waals surface area contributed by atoms with Crippen molar-refractivity contribution in [3.63, 3.8) is 0 Å². The highest BCUT2D eigenvalue weighted by molar-refractivity contribution is 7.98. The van der Waals surface area contributed by atoms with Crippen LogP contribution >= 0.6 is 11.8 Å². The number of likely N-dealkylation sites (tertiary alicyclic amines) is 1. The van der Waals surface area contributed by atoms with Crippen LogP contribution in [-0.2, 0) is 5.75 Å². The lowest BCUT2D eigenvalue weighted by Gasteiger charge is -2.30. The molecule has 0 saturated carbocycles. The Balaban J connectivity index is 1.76. The Morgan fingerprint density at radius 2 is 2.08 bits per heavy atom. The standard InChI is InChI=1S/C19H21N3O3S/c1-14-7-10-21(11-8-14)19(23)15-5-6-18(17(12-15)22(24)25)26-13-16-4-2-3-9-20-16/h2-6,9,12,14H,7-8,10-11,13H2,1H3. The normalized spacial score (nSPS) is 15.0. The van der Waals surface area contributed by atoms with Crippen molar-refractivity contribution in [2.45, 2.75) is 30.4 Å². The molecule has 6 nitrogen and oxygen atoms in total. The number of benzene rings is 1. The minimum atomic E-state index is -0.421. The molecule has 1 fully saturated rings. The van der Waals surface area contributed by atoms with Crippen molar-refractivity contribution < 1.29 is 9.72 Å². The van der Waals surface area contributed by atoms with Gasteiger partial charge in [0.25, 0.3) is 11.6 Å². The predicted molar refractivity (Wildman–Crippen MR) is 101 cm³/mol. The second-order valence-corrected chi connectivity index (χ2v) is 7.54. The van der Waals surface area contributed by atoms with Gasteiger partial charge in [-0.15, -0.1) is 11.8 Å². The molecule has 0 bridgehead atoms. The van der Waals surface area contributed by atoms with Gasteiger partial charge in [-0.3, -0.25) is 19.9 Å². The fourth-order valence-electron chi connectivity index (χ4n) is 2.94. The fraction of sp³-hybridized carbons (Fsp3) is 0.368. The number of hydrogen-bond donors (Lipinski definition) is 0. The first-order valence-electron chi connectivity index (χ1n) is 8.65. The van der Waals surface area contributed by atoms with Crippen LogP contribution in [0, 0.1) is 16.0 Å². The number of amides is 1. The lowest BCUT2D eigenvalue weighted by Crippen LogP contribution is -2.37. The van der Waals surface area contributed by atoms with Crippen molar-refractivity contribution in [2.75, 3.05) is 13.1 Å². The third kappa shape index (κ3) is 4.40. The molecular formula is C19H21N3O3S. The summed E-state index contributed by atoms with van der Waals surface area (Å²) in [5, 5.41) is 11.5. The Labute approximate surface area is 156 Å². The second kappa shape index (κ2) is 8.31. The van der Waals surface area contributed by atoms with Crippen molar-refractivity contribution in [1.29, 1.82) is 0 Å². The number of hydrogen-bond acceptors (Lipinski definition) is 5. The van der Waals surface area contributed by atoms with Crippen LogP contribution in [0.1, 0.15) is 35.8 Å². The van der Waals surface area contributed by atoms with Crippen LogP contribution < -0.4 is 0 Å². The molecule has 0 spiro atoms. The summed E-state index contributed by atoms with van der Waals surface area (Å²) in [5.74, 6) is 1.04. The van der Waals surface area contributed by atoms with E-state index in [2.05, 4.69) is 11.9 Å². The van der Waals surface area contributed by atoms with Crippen molar-refractivity contribution in [3.05, 3.63) is 64.0 Å². The summed E-state index contributed by atoms with van der Waals surface area (Å²) in [4.78, 5) is 30.3. The molecule has 1 aliphatic rings. The van der Waals surface area contributed by atoms with Gasteiger partial charge in [-0.1, -0.05) is 13.0 Å². The summed E-state index contributed by atoms with van der Waals surface area (Å²) < 4.78 is 0. The minimum Gasteiger partial charge on any atom is -0.339 e. The third-order valence-corrected chi connectivity index (χ3v) is 5.67.